The number of hydrogen-bond acceptors (Lipinski definition) is 5. The van der Waals surface area contributed by atoms with E-state index in [-0.39, 0.29) is 12.5 Å². The zero-order valence-corrected chi connectivity index (χ0v) is 14.2. The summed E-state index contributed by atoms with van der Waals surface area (Å²) in [4.78, 5) is 22.8. The van der Waals surface area contributed by atoms with Crippen LogP contribution < -0.4 is 0 Å². The predicted octanol–water partition coefficient (Wildman–Crippen LogP) is 2.01. The lowest BCUT2D eigenvalue weighted by molar-refractivity contribution is -0.136. The summed E-state index contributed by atoms with van der Waals surface area (Å²) in [5, 5.41) is 4.72. The van der Waals surface area contributed by atoms with Crippen molar-refractivity contribution < 1.29 is 9.53 Å². The highest BCUT2D eigenvalue weighted by molar-refractivity contribution is 6.29. The number of hydrogen-bond donors (Lipinski definition) is 0. The number of pyridine rings is 2. The second kappa shape index (κ2) is 6.78. The Bertz CT molecular complexity index is 920. The molecule has 1 amide bonds. The number of carbonyl (C=O) groups is 1. The molecular weight excluding hydrogens is 342 g/mol. The molecule has 0 aromatic carbocycles. The summed E-state index contributed by atoms with van der Waals surface area (Å²) in [5.41, 5.74) is 3.27. The first-order valence-electron chi connectivity index (χ1n) is 8.00. The third-order valence-corrected chi connectivity index (χ3v) is 4.34. The van der Waals surface area contributed by atoms with Crippen molar-refractivity contribution in [3.05, 3.63) is 41.9 Å². The molecule has 0 spiro atoms. The van der Waals surface area contributed by atoms with Gasteiger partial charge >= 0.3 is 0 Å². The van der Waals surface area contributed by atoms with Gasteiger partial charge in [-0.05, 0) is 18.2 Å². The van der Waals surface area contributed by atoms with E-state index < -0.39 is 0 Å². The first-order valence-corrected chi connectivity index (χ1v) is 8.37. The Hall–Kier alpha value is -2.51. The molecule has 4 rings (SSSR count). The van der Waals surface area contributed by atoms with E-state index in [2.05, 4.69) is 15.1 Å². The molecule has 25 heavy (non-hydrogen) atoms. The fraction of sp³-hybridized carbons (Fsp3) is 0.294. The molecule has 0 bridgehead atoms. The number of morpholine rings is 1. The molecule has 0 aliphatic carbocycles. The van der Waals surface area contributed by atoms with Crippen LogP contribution in [0.3, 0.4) is 0 Å². The van der Waals surface area contributed by atoms with Crippen molar-refractivity contribution >= 4 is 28.5 Å². The predicted molar refractivity (Wildman–Crippen MR) is 93.2 cm³/mol. The highest BCUT2D eigenvalue weighted by atomic mass is 35.5. The van der Waals surface area contributed by atoms with Crippen LogP contribution in [0.25, 0.3) is 22.2 Å². The molecular formula is C17H16ClN5O2. The molecule has 128 valence electrons. The lowest BCUT2D eigenvalue weighted by atomic mass is 10.1. The lowest BCUT2D eigenvalue weighted by Gasteiger charge is -2.26. The third kappa shape index (κ3) is 3.47. The van der Waals surface area contributed by atoms with Gasteiger partial charge in [0.25, 0.3) is 0 Å². The van der Waals surface area contributed by atoms with E-state index in [1.54, 1.807) is 28.0 Å². The number of amides is 1. The van der Waals surface area contributed by atoms with Crippen LogP contribution in [0.1, 0.15) is 0 Å². The van der Waals surface area contributed by atoms with Gasteiger partial charge in [-0.1, -0.05) is 11.6 Å². The largest absolute Gasteiger partial charge is 0.378 e. The van der Waals surface area contributed by atoms with Crippen LogP contribution in [0.5, 0.6) is 0 Å². The van der Waals surface area contributed by atoms with Gasteiger partial charge in [0.1, 0.15) is 11.7 Å². The number of carbonyl (C=O) groups excluding carboxylic acids is 1. The van der Waals surface area contributed by atoms with Crippen molar-refractivity contribution in [2.45, 2.75) is 6.54 Å². The van der Waals surface area contributed by atoms with Gasteiger partial charge in [-0.25, -0.2) is 4.98 Å². The van der Waals surface area contributed by atoms with Crippen molar-refractivity contribution in [1.29, 1.82) is 0 Å². The SMILES string of the molecule is O=C(Cn1cc(-c2cnc3ccc(Cl)nc3c2)cn1)N1CCOCC1. The minimum absolute atomic E-state index is 0.0445. The normalized spacial score (nSPS) is 14.8. The van der Waals surface area contributed by atoms with E-state index >= 15 is 0 Å². The standard InChI is InChI=1S/C17H16ClN5O2/c18-16-2-1-14-15(21-16)7-12(8-19-14)13-9-20-23(10-13)11-17(24)22-3-5-25-6-4-22/h1-2,7-10H,3-6,11H2. The maximum atomic E-state index is 12.3. The maximum absolute atomic E-state index is 12.3. The van der Waals surface area contributed by atoms with Gasteiger partial charge in [0.15, 0.2) is 0 Å². The van der Waals surface area contributed by atoms with Gasteiger partial charge in [-0.15, -0.1) is 0 Å². The number of nitrogens with zero attached hydrogens (tertiary/aromatic N) is 5. The molecule has 7 nitrogen and oxygen atoms in total. The zero-order valence-electron chi connectivity index (χ0n) is 13.4. The van der Waals surface area contributed by atoms with Gasteiger partial charge in [0, 0.05) is 36.6 Å². The van der Waals surface area contributed by atoms with Crippen molar-refractivity contribution in [2.75, 3.05) is 26.3 Å². The molecule has 0 N–H and O–H groups in total. The van der Waals surface area contributed by atoms with Crippen LogP contribution >= 0.6 is 11.6 Å². The van der Waals surface area contributed by atoms with E-state index in [9.17, 15) is 4.79 Å². The Morgan fingerprint density at radius 1 is 1.16 bits per heavy atom. The first-order chi connectivity index (χ1) is 12.2. The van der Waals surface area contributed by atoms with Crippen LogP contribution in [0, 0.1) is 0 Å². The van der Waals surface area contributed by atoms with Crippen LogP contribution in [-0.2, 0) is 16.1 Å². The van der Waals surface area contributed by atoms with Crippen LogP contribution in [-0.4, -0.2) is 56.9 Å². The molecule has 1 aliphatic heterocycles. The second-order valence-electron chi connectivity index (χ2n) is 5.82. The summed E-state index contributed by atoms with van der Waals surface area (Å²) in [6, 6.07) is 5.46. The molecule has 8 heteroatoms. The summed E-state index contributed by atoms with van der Waals surface area (Å²) in [7, 11) is 0. The minimum Gasteiger partial charge on any atom is -0.378 e. The summed E-state index contributed by atoms with van der Waals surface area (Å²) < 4.78 is 6.91. The maximum Gasteiger partial charge on any atom is 0.244 e. The van der Waals surface area contributed by atoms with Crippen molar-refractivity contribution in [3.8, 4) is 11.1 Å². The van der Waals surface area contributed by atoms with E-state index in [0.717, 1.165) is 22.2 Å². The Kier molecular flexibility index (Phi) is 4.33. The molecule has 0 saturated carbocycles. The van der Waals surface area contributed by atoms with Crippen LogP contribution in [0.15, 0.2) is 36.8 Å². The van der Waals surface area contributed by atoms with Gasteiger partial charge in [-0.2, -0.15) is 5.10 Å². The number of rotatable bonds is 3. The molecule has 3 aromatic heterocycles. The number of halogens is 1. The minimum atomic E-state index is 0.0445. The van der Waals surface area contributed by atoms with Crippen LogP contribution in [0.2, 0.25) is 5.15 Å². The summed E-state index contributed by atoms with van der Waals surface area (Å²) in [5.74, 6) is 0.0445. The van der Waals surface area contributed by atoms with E-state index in [0.29, 0.717) is 31.5 Å². The second-order valence-corrected chi connectivity index (χ2v) is 6.20. The van der Waals surface area contributed by atoms with Crippen molar-refractivity contribution in [2.24, 2.45) is 0 Å². The molecule has 0 unspecified atom stereocenters. The lowest BCUT2D eigenvalue weighted by Crippen LogP contribution is -2.42. The Balaban J connectivity index is 1.53. The average molecular weight is 358 g/mol. The molecule has 3 aromatic rings. The Morgan fingerprint density at radius 3 is 2.84 bits per heavy atom. The van der Waals surface area contributed by atoms with Crippen LogP contribution in [0.4, 0.5) is 0 Å². The third-order valence-electron chi connectivity index (χ3n) is 4.13. The quantitative estimate of drug-likeness (QED) is 0.670. The van der Waals surface area contributed by atoms with Crippen molar-refractivity contribution in [3.63, 3.8) is 0 Å². The molecule has 1 fully saturated rings. The van der Waals surface area contributed by atoms with E-state index in [4.69, 9.17) is 16.3 Å². The fourth-order valence-electron chi connectivity index (χ4n) is 2.79. The molecule has 1 saturated heterocycles. The monoisotopic (exact) mass is 357 g/mol. The molecule has 4 heterocycles. The van der Waals surface area contributed by atoms with Gasteiger partial charge in [-0.3, -0.25) is 14.5 Å². The van der Waals surface area contributed by atoms with Gasteiger partial charge < -0.3 is 9.64 Å². The topological polar surface area (TPSA) is 73.1 Å². The average Bonchev–Trinajstić information content (AvgIpc) is 3.10. The summed E-state index contributed by atoms with van der Waals surface area (Å²) in [6.45, 7) is 2.66. The zero-order chi connectivity index (χ0) is 17.2. The number of aromatic nitrogens is 4. The van der Waals surface area contributed by atoms with Gasteiger partial charge in [0.05, 0.1) is 30.4 Å². The summed E-state index contributed by atoms with van der Waals surface area (Å²) in [6.07, 6.45) is 5.33. The smallest absolute Gasteiger partial charge is 0.244 e. The highest BCUT2D eigenvalue weighted by Crippen LogP contribution is 2.22. The number of ether oxygens (including phenoxy) is 1. The van der Waals surface area contributed by atoms with Gasteiger partial charge in [0.2, 0.25) is 5.91 Å². The fourth-order valence-corrected chi connectivity index (χ4v) is 2.94. The Morgan fingerprint density at radius 2 is 2.00 bits per heavy atom. The summed E-state index contributed by atoms with van der Waals surface area (Å²) >= 11 is 5.95. The van der Waals surface area contributed by atoms with Crippen molar-refractivity contribution in [1.82, 2.24) is 24.6 Å². The van der Waals surface area contributed by atoms with E-state index in [1.807, 2.05) is 18.3 Å². The Labute approximate surface area is 149 Å². The molecule has 0 atom stereocenters. The molecule has 1 aliphatic rings. The first kappa shape index (κ1) is 16.0. The number of fused-ring (bicyclic) bond motifs is 1. The van der Waals surface area contributed by atoms with E-state index in [1.165, 1.54) is 0 Å². The molecule has 0 radical (unpaired) electrons. The highest BCUT2D eigenvalue weighted by Gasteiger charge is 2.17.